The summed E-state index contributed by atoms with van der Waals surface area (Å²) in [5, 5.41) is 3.42. The number of nitrogens with one attached hydrogen (secondary N) is 1. The van der Waals surface area contributed by atoms with Crippen LogP contribution in [-0.2, 0) is 5.54 Å². The normalized spacial score (nSPS) is 15.0. The zero-order chi connectivity index (χ0) is 25.1. The predicted octanol–water partition coefficient (Wildman–Crippen LogP) is 6.94. The van der Waals surface area contributed by atoms with Crippen LogP contribution < -0.4 is 11.1 Å². The first-order chi connectivity index (χ1) is 18.0. The Morgan fingerprint density at radius 3 is 2.54 bits per heavy atom. The largest absolute Gasteiger partial charge is 0.338 e. The van der Waals surface area contributed by atoms with Gasteiger partial charge in [-0.15, -0.1) is 0 Å². The van der Waals surface area contributed by atoms with E-state index in [2.05, 4.69) is 10.3 Å². The number of aromatic nitrogens is 3. The number of pyridine rings is 1. The van der Waals surface area contributed by atoms with Crippen LogP contribution in [0.1, 0.15) is 24.8 Å². The van der Waals surface area contributed by atoms with Crippen molar-refractivity contribution >= 4 is 11.5 Å². The van der Waals surface area contributed by atoms with Crippen LogP contribution >= 0.6 is 0 Å². The van der Waals surface area contributed by atoms with Crippen LogP contribution in [0, 0.1) is 11.6 Å². The number of nitrogens with two attached hydrogens (primary N) is 1. The molecule has 5 aromatic rings. The molecule has 0 saturated heterocycles. The Balaban J connectivity index is 1.56. The Bertz CT molecular complexity index is 1690. The number of fused-ring (bicyclic) bond motifs is 5. The molecule has 1 fully saturated rings. The number of benzene rings is 3. The molecule has 1 aliphatic heterocycles. The van der Waals surface area contributed by atoms with Crippen molar-refractivity contribution in [2.24, 2.45) is 5.73 Å². The quantitative estimate of drug-likeness (QED) is 0.281. The maximum atomic E-state index is 15.6. The molecule has 1 saturated carbocycles. The van der Waals surface area contributed by atoms with Gasteiger partial charge in [-0.1, -0.05) is 36.4 Å². The van der Waals surface area contributed by atoms with E-state index in [1.165, 1.54) is 18.2 Å². The number of para-hydroxylation sites is 1. The Morgan fingerprint density at radius 1 is 0.892 bits per heavy atom. The molecule has 1 aliphatic carbocycles. The SMILES string of the molecule is NC1(c2ccc(-c3c(-c4cccc(F)c4)nc4n3-c3cccnc3Nc3ccccc3-4)cc2F)CCC1. The van der Waals surface area contributed by atoms with Gasteiger partial charge in [0.25, 0.3) is 0 Å². The van der Waals surface area contributed by atoms with Crippen molar-refractivity contribution in [3.05, 3.63) is 102 Å². The number of imidazole rings is 1. The van der Waals surface area contributed by atoms with Crippen molar-refractivity contribution in [1.29, 1.82) is 0 Å². The van der Waals surface area contributed by atoms with Gasteiger partial charge in [-0.2, -0.15) is 0 Å². The number of hydrogen-bond donors (Lipinski definition) is 2. The molecular formula is C30H23F2N5. The van der Waals surface area contributed by atoms with E-state index >= 15 is 4.39 Å². The van der Waals surface area contributed by atoms with E-state index in [4.69, 9.17) is 10.7 Å². The minimum atomic E-state index is -0.623. The van der Waals surface area contributed by atoms with Crippen LogP contribution in [0.5, 0.6) is 0 Å². The molecule has 2 aliphatic rings. The summed E-state index contributed by atoms with van der Waals surface area (Å²) in [6, 6.07) is 23.1. The maximum absolute atomic E-state index is 15.6. The molecule has 0 atom stereocenters. The molecule has 3 aromatic carbocycles. The summed E-state index contributed by atoms with van der Waals surface area (Å²) < 4.78 is 32.0. The van der Waals surface area contributed by atoms with Crippen LogP contribution in [0.25, 0.3) is 39.6 Å². The van der Waals surface area contributed by atoms with Crippen molar-refractivity contribution in [2.75, 3.05) is 5.32 Å². The summed E-state index contributed by atoms with van der Waals surface area (Å²) in [6.45, 7) is 0. The number of nitrogens with zero attached hydrogens (tertiary/aromatic N) is 3. The van der Waals surface area contributed by atoms with E-state index in [1.54, 1.807) is 18.3 Å². The molecule has 0 amide bonds. The highest BCUT2D eigenvalue weighted by Crippen LogP contribution is 2.46. The van der Waals surface area contributed by atoms with Crippen LogP contribution in [-0.4, -0.2) is 14.5 Å². The standard InChI is InChI=1S/C30H23F2N5/c31-20-7-3-6-18(16-20)26-27(19-11-12-22(23(32)17-19)30(33)13-5-14-30)37-25-10-4-15-34-28(25)35-24-9-2-1-8-21(24)29(37)36-26/h1-4,6-12,15-17H,5,13-14,33H2,(H,34,35). The fourth-order valence-corrected chi connectivity index (χ4v) is 5.42. The first-order valence-corrected chi connectivity index (χ1v) is 12.3. The Kier molecular flexibility index (Phi) is 4.78. The van der Waals surface area contributed by atoms with Gasteiger partial charge in [-0.25, -0.2) is 18.7 Å². The van der Waals surface area contributed by atoms with E-state index in [1.807, 2.05) is 53.1 Å². The highest BCUT2D eigenvalue weighted by Gasteiger charge is 2.37. The van der Waals surface area contributed by atoms with Gasteiger partial charge in [0.15, 0.2) is 5.82 Å². The summed E-state index contributed by atoms with van der Waals surface area (Å²) in [6.07, 6.45) is 4.24. The molecule has 5 nitrogen and oxygen atoms in total. The van der Waals surface area contributed by atoms with Crippen LogP contribution in [0.4, 0.5) is 20.3 Å². The molecule has 3 N–H and O–H groups in total. The lowest BCUT2D eigenvalue weighted by Crippen LogP contribution is -2.44. The number of rotatable bonds is 3. The highest BCUT2D eigenvalue weighted by molar-refractivity contribution is 5.90. The van der Waals surface area contributed by atoms with E-state index in [0.29, 0.717) is 39.7 Å². The first kappa shape index (κ1) is 21.9. The van der Waals surface area contributed by atoms with Crippen molar-refractivity contribution in [2.45, 2.75) is 24.8 Å². The fourth-order valence-electron chi connectivity index (χ4n) is 5.42. The van der Waals surface area contributed by atoms with Gasteiger partial charge >= 0.3 is 0 Å². The number of hydrogen-bond acceptors (Lipinski definition) is 4. The molecule has 7 heteroatoms. The summed E-state index contributed by atoms with van der Waals surface area (Å²) in [7, 11) is 0. The third kappa shape index (κ3) is 3.38. The molecule has 7 rings (SSSR count). The van der Waals surface area contributed by atoms with Crippen molar-refractivity contribution in [3.63, 3.8) is 0 Å². The molecule has 37 heavy (non-hydrogen) atoms. The van der Waals surface area contributed by atoms with E-state index < -0.39 is 5.54 Å². The Labute approximate surface area is 212 Å². The van der Waals surface area contributed by atoms with Crippen molar-refractivity contribution in [3.8, 4) is 39.6 Å². The van der Waals surface area contributed by atoms with E-state index in [-0.39, 0.29) is 11.6 Å². The lowest BCUT2D eigenvalue weighted by molar-refractivity contribution is 0.245. The second-order valence-corrected chi connectivity index (χ2v) is 9.72. The summed E-state index contributed by atoms with van der Waals surface area (Å²) >= 11 is 0. The van der Waals surface area contributed by atoms with Gasteiger partial charge in [0.2, 0.25) is 0 Å². The Hall–Kier alpha value is -4.36. The van der Waals surface area contributed by atoms with Gasteiger partial charge in [-0.05, 0) is 61.7 Å². The van der Waals surface area contributed by atoms with E-state index in [0.717, 1.165) is 36.2 Å². The van der Waals surface area contributed by atoms with Gasteiger partial charge < -0.3 is 11.1 Å². The van der Waals surface area contributed by atoms with Gasteiger partial charge in [0.05, 0.1) is 22.8 Å². The van der Waals surface area contributed by atoms with Crippen LogP contribution in [0.2, 0.25) is 0 Å². The number of anilines is 2. The average Bonchev–Trinajstić information content (AvgIpc) is 3.22. The average molecular weight is 492 g/mol. The zero-order valence-corrected chi connectivity index (χ0v) is 19.9. The van der Waals surface area contributed by atoms with Gasteiger partial charge in [-0.3, -0.25) is 4.57 Å². The summed E-state index contributed by atoms with van der Waals surface area (Å²) in [5.41, 5.74) is 11.3. The zero-order valence-electron chi connectivity index (χ0n) is 19.9. The molecular weight excluding hydrogens is 468 g/mol. The second-order valence-electron chi connectivity index (χ2n) is 9.72. The minimum absolute atomic E-state index is 0.348. The lowest BCUT2D eigenvalue weighted by atomic mass is 9.72. The molecule has 0 radical (unpaired) electrons. The summed E-state index contributed by atoms with van der Waals surface area (Å²) in [5.74, 6) is 0.583. The maximum Gasteiger partial charge on any atom is 0.154 e. The van der Waals surface area contributed by atoms with Crippen molar-refractivity contribution in [1.82, 2.24) is 14.5 Å². The summed E-state index contributed by atoms with van der Waals surface area (Å²) in [4.78, 5) is 9.63. The molecule has 2 aromatic heterocycles. The molecule has 182 valence electrons. The minimum Gasteiger partial charge on any atom is -0.338 e. The first-order valence-electron chi connectivity index (χ1n) is 12.3. The van der Waals surface area contributed by atoms with Gasteiger partial charge in [0.1, 0.15) is 17.5 Å². The van der Waals surface area contributed by atoms with E-state index in [9.17, 15) is 4.39 Å². The van der Waals surface area contributed by atoms with Crippen LogP contribution in [0.3, 0.4) is 0 Å². The lowest BCUT2D eigenvalue weighted by Gasteiger charge is -2.38. The monoisotopic (exact) mass is 491 g/mol. The molecule has 0 bridgehead atoms. The molecule has 0 unspecified atom stereocenters. The third-order valence-electron chi connectivity index (χ3n) is 7.45. The topological polar surface area (TPSA) is 68.8 Å². The van der Waals surface area contributed by atoms with Gasteiger partial charge in [0, 0.05) is 34.0 Å². The van der Waals surface area contributed by atoms with Crippen LogP contribution in [0.15, 0.2) is 85.1 Å². The van der Waals surface area contributed by atoms with Crippen molar-refractivity contribution < 1.29 is 8.78 Å². The Morgan fingerprint density at radius 2 is 1.76 bits per heavy atom. The third-order valence-corrected chi connectivity index (χ3v) is 7.45. The fraction of sp³-hybridized carbons (Fsp3) is 0.133. The highest BCUT2D eigenvalue weighted by atomic mass is 19.1. The smallest absolute Gasteiger partial charge is 0.154 e. The molecule has 0 spiro atoms. The number of halogens is 2. The predicted molar refractivity (Wildman–Crippen MR) is 141 cm³/mol. The molecule has 3 heterocycles. The second kappa shape index (κ2) is 8.08.